The Balaban J connectivity index is 1.47. The molecule has 1 saturated heterocycles. The molecule has 0 aromatic heterocycles. The molecule has 4 rings (SSSR count). The van der Waals surface area contributed by atoms with Crippen molar-refractivity contribution in [1.29, 1.82) is 0 Å². The van der Waals surface area contributed by atoms with Crippen LogP contribution in [0, 0.1) is 17.5 Å². The minimum Gasteiger partial charge on any atom is -0.447 e. The topological polar surface area (TPSA) is 58.6 Å². The molecule has 1 heterocycles. The number of carbonyl (C=O) groups excluding carboxylic acids is 2. The molecule has 0 bridgehead atoms. The van der Waals surface area contributed by atoms with E-state index in [1.54, 1.807) is 12.1 Å². The monoisotopic (exact) mass is 440 g/mol. The molecule has 164 valence electrons. The average molecular weight is 440 g/mol. The van der Waals surface area contributed by atoms with Gasteiger partial charge in [0.2, 0.25) is 0 Å². The van der Waals surface area contributed by atoms with Crippen LogP contribution < -0.4 is 10.2 Å². The van der Waals surface area contributed by atoms with E-state index in [0.29, 0.717) is 30.0 Å². The van der Waals surface area contributed by atoms with Crippen molar-refractivity contribution in [2.24, 2.45) is 0 Å². The summed E-state index contributed by atoms with van der Waals surface area (Å²) in [7, 11) is 0. The summed E-state index contributed by atoms with van der Waals surface area (Å²) in [6.45, 7) is 2.62. The number of carbonyl (C=O) groups is 2. The van der Waals surface area contributed by atoms with Crippen molar-refractivity contribution in [2.45, 2.75) is 13.0 Å². The van der Waals surface area contributed by atoms with Crippen LogP contribution in [0.3, 0.4) is 0 Å². The number of nitrogens with zero attached hydrogens (tertiary/aromatic N) is 1. The van der Waals surface area contributed by atoms with E-state index in [1.165, 1.54) is 29.2 Å². The molecule has 5 nitrogen and oxygen atoms in total. The lowest BCUT2D eigenvalue weighted by molar-refractivity contribution is 0.0940. The summed E-state index contributed by atoms with van der Waals surface area (Å²) in [5.41, 5.74) is 2.46. The van der Waals surface area contributed by atoms with Gasteiger partial charge >= 0.3 is 6.09 Å². The van der Waals surface area contributed by atoms with Gasteiger partial charge in [-0.1, -0.05) is 24.3 Å². The molecule has 3 aromatic carbocycles. The van der Waals surface area contributed by atoms with Crippen molar-refractivity contribution in [3.05, 3.63) is 89.2 Å². The van der Waals surface area contributed by atoms with Crippen LogP contribution in [0.2, 0.25) is 0 Å². The molecule has 1 fully saturated rings. The fraction of sp³-hybridized carbons (Fsp3) is 0.167. The van der Waals surface area contributed by atoms with Crippen LogP contribution in [-0.4, -0.2) is 25.2 Å². The third-order valence-corrected chi connectivity index (χ3v) is 5.25. The van der Waals surface area contributed by atoms with Gasteiger partial charge in [0.05, 0.1) is 12.6 Å². The lowest BCUT2D eigenvalue weighted by Crippen LogP contribution is -2.27. The first-order valence-electron chi connectivity index (χ1n) is 9.93. The molecule has 8 heteroatoms. The molecule has 32 heavy (non-hydrogen) atoms. The third-order valence-electron chi connectivity index (χ3n) is 5.25. The maximum absolute atomic E-state index is 13.5. The summed E-state index contributed by atoms with van der Waals surface area (Å²) in [6.07, 6.45) is -0.403. The normalized spacial score (nSPS) is 14.2. The Kier molecular flexibility index (Phi) is 5.85. The Morgan fingerprint density at radius 2 is 1.69 bits per heavy atom. The summed E-state index contributed by atoms with van der Waals surface area (Å²) >= 11 is 0. The van der Waals surface area contributed by atoms with Crippen LogP contribution in [-0.2, 0) is 4.74 Å². The van der Waals surface area contributed by atoms with Crippen LogP contribution >= 0.6 is 0 Å². The second kappa shape index (κ2) is 8.74. The molecule has 1 aliphatic heterocycles. The number of hydrogen-bond donors (Lipinski definition) is 1. The van der Waals surface area contributed by atoms with E-state index in [-0.39, 0.29) is 17.5 Å². The van der Waals surface area contributed by atoms with Crippen LogP contribution in [0.4, 0.5) is 23.7 Å². The first-order valence-corrected chi connectivity index (χ1v) is 9.93. The fourth-order valence-electron chi connectivity index (χ4n) is 3.49. The quantitative estimate of drug-likeness (QED) is 0.554. The van der Waals surface area contributed by atoms with Crippen molar-refractivity contribution in [3.63, 3.8) is 0 Å². The highest BCUT2D eigenvalue weighted by atomic mass is 19.2. The van der Waals surface area contributed by atoms with Crippen molar-refractivity contribution in [1.82, 2.24) is 5.32 Å². The van der Waals surface area contributed by atoms with E-state index in [0.717, 1.165) is 17.7 Å². The fourth-order valence-corrected chi connectivity index (χ4v) is 3.49. The predicted molar refractivity (Wildman–Crippen MR) is 113 cm³/mol. The minimum atomic E-state index is -1.52. The van der Waals surface area contributed by atoms with E-state index >= 15 is 0 Å². The SMILES string of the molecule is CC(NC(=O)c1ccc(-c2cc(F)c(F)c(F)c2)cc1)c1cccc(N2CCOC2=O)c1. The van der Waals surface area contributed by atoms with E-state index in [2.05, 4.69) is 5.32 Å². The molecular formula is C24H19F3N2O3. The van der Waals surface area contributed by atoms with E-state index in [1.807, 2.05) is 19.1 Å². The van der Waals surface area contributed by atoms with Gasteiger partial charge in [0.1, 0.15) is 6.61 Å². The summed E-state index contributed by atoms with van der Waals surface area (Å²) in [5, 5.41) is 2.88. The number of benzene rings is 3. The number of anilines is 1. The number of amides is 2. The Morgan fingerprint density at radius 3 is 2.31 bits per heavy atom. The van der Waals surface area contributed by atoms with Gasteiger partial charge in [0, 0.05) is 11.3 Å². The predicted octanol–water partition coefficient (Wildman–Crippen LogP) is 5.22. The zero-order valence-electron chi connectivity index (χ0n) is 17.1. The molecule has 1 unspecified atom stereocenters. The zero-order valence-corrected chi connectivity index (χ0v) is 17.1. The van der Waals surface area contributed by atoms with Gasteiger partial charge in [0.25, 0.3) is 5.91 Å². The molecule has 3 aromatic rings. The highest BCUT2D eigenvalue weighted by molar-refractivity contribution is 5.95. The van der Waals surface area contributed by atoms with Gasteiger partial charge in [-0.25, -0.2) is 18.0 Å². The number of hydrogen-bond acceptors (Lipinski definition) is 3. The number of halogens is 3. The smallest absolute Gasteiger partial charge is 0.414 e. The van der Waals surface area contributed by atoms with Crippen LogP contribution in [0.1, 0.15) is 28.9 Å². The maximum Gasteiger partial charge on any atom is 0.414 e. The molecule has 1 atom stereocenters. The lowest BCUT2D eigenvalue weighted by Gasteiger charge is -2.18. The molecular weight excluding hydrogens is 421 g/mol. The highest BCUT2D eigenvalue weighted by Crippen LogP contribution is 2.25. The second-order valence-electron chi connectivity index (χ2n) is 7.39. The van der Waals surface area contributed by atoms with Gasteiger partial charge in [-0.3, -0.25) is 9.69 Å². The number of nitrogens with one attached hydrogen (secondary N) is 1. The zero-order chi connectivity index (χ0) is 22.8. The lowest BCUT2D eigenvalue weighted by atomic mass is 10.0. The molecule has 0 radical (unpaired) electrons. The minimum absolute atomic E-state index is 0.166. The van der Waals surface area contributed by atoms with Crippen LogP contribution in [0.15, 0.2) is 60.7 Å². The summed E-state index contributed by atoms with van der Waals surface area (Å²) < 4.78 is 45.1. The molecule has 0 saturated carbocycles. The first kappa shape index (κ1) is 21.4. The Labute approximate surface area is 182 Å². The van der Waals surface area contributed by atoms with Crippen molar-refractivity contribution >= 4 is 17.7 Å². The van der Waals surface area contributed by atoms with Gasteiger partial charge in [-0.05, 0) is 60.0 Å². The summed E-state index contributed by atoms with van der Waals surface area (Å²) in [4.78, 5) is 26.0. The number of cyclic esters (lactones) is 1. The van der Waals surface area contributed by atoms with Gasteiger partial charge in [-0.2, -0.15) is 0 Å². The van der Waals surface area contributed by atoms with Crippen molar-refractivity contribution < 1.29 is 27.5 Å². The first-order chi connectivity index (χ1) is 15.3. The molecule has 0 spiro atoms. The molecule has 0 aliphatic carbocycles. The van der Waals surface area contributed by atoms with Crippen LogP contribution in [0.25, 0.3) is 11.1 Å². The molecule has 2 amide bonds. The second-order valence-corrected chi connectivity index (χ2v) is 7.39. The molecule has 1 N–H and O–H groups in total. The highest BCUT2D eigenvalue weighted by Gasteiger charge is 2.24. The van der Waals surface area contributed by atoms with Crippen molar-refractivity contribution in [2.75, 3.05) is 18.1 Å². The largest absolute Gasteiger partial charge is 0.447 e. The van der Waals surface area contributed by atoms with E-state index in [4.69, 9.17) is 4.74 Å². The van der Waals surface area contributed by atoms with Gasteiger partial charge in [-0.15, -0.1) is 0 Å². The summed E-state index contributed by atoms with van der Waals surface area (Å²) in [6, 6.07) is 14.8. The van der Waals surface area contributed by atoms with E-state index < -0.39 is 23.5 Å². The van der Waals surface area contributed by atoms with Crippen molar-refractivity contribution in [3.8, 4) is 11.1 Å². The Bertz CT molecular complexity index is 1160. The number of rotatable bonds is 5. The van der Waals surface area contributed by atoms with Gasteiger partial charge < -0.3 is 10.1 Å². The Morgan fingerprint density at radius 1 is 1.00 bits per heavy atom. The van der Waals surface area contributed by atoms with Gasteiger partial charge in [0.15, 0.2) is 17.5 Å². The average Bonchev–Trinajstić information content (AvgIpc) is 3.23. The van der Waals surface area contributed by atoms with Crippen LogP contribution in [0.5, 0.6) is 0 Å². The summed E-state index contributed by atoms with van der Waals surface area (Å²) in [5.74, 6) is -4.42. The maximum atomic E-state index is 13.5. The molecule has 1 aliphatic rings. The Hall–Kier alpha value is -3.81. The standard InChI is InChI=1S/C24H19F3N2O3/c1-14(17-3-2-4-19(11-17)29-9-10-32-24(29)31)28-23(30)16-7-5-15(6-8-16)18-12-20(25)22(27)21(26)13-18/h2-8,11-14H,9-10H2,1H3,(H,28,30). The third kappa shape index (κ3) is 4.30. The van der Waals surface area contributed by atoms with E-state index in [9.17, 15) is 22.8 Å². The number of ether oxygens (including phenoxy) is 1.